The maximum absolute atomic E-state index is 12.7. The molecule has 122 valence electrons. The lowest BCUT2D eigenvalue weighted by molar-refractivity contribution is -0.435. The van der Waals surface area contributed by atoms with Gasteiger partial charge in [-0.3, -0.25) is 0 Å². The van der Waals surface area contributed by atoms with Crippen molar-refractivity contribution in [3.8, 4) is 0 Å². The average Bonchev–Trinajstić information content (AvgIpc) is 2.24. The van der Waals surface area contributed by atoms with E-state index in [4.69, 9.17) is 5.26 Å². The van der Waals surface area contributed by atoms with Crippen molar-refractivity contribution in [1.82, 2.24) is 0 Å². The second-order valence-corrected chi connectivity index (χ2v) is 5.05. The van der Waals surface area contributed by atoms with Crippen molar-refractivity contribution >= 4 is 22.3 Å². The standard InChI is InChI=1S/C4HF9O5S2/c5-1(6,3(9,10)19-18-17-14)2(7,8)4(11,12)20(13,15)16/h14H. The summed E-state index contributed by atoms with van der Waals surface area (Å²) < 4.78 is 135. The van der Waals surface area contributed by atoms with Crippen LogP contribution < -0.4 is 0 Å². The lowest BCUT2D eigenvalue weighted by Crippen LogP contribution is -2.62. The van der Waals surface area contributed by atoms with Gasteiger partial charge in [0.15, 0.2) is 0 Å². The minimum atomic E-state index is -7.65. The van der Waals surface area contributed by atoms with Gasteiger partial charge in [0.2, 0.25) is 0 Å². The maximum Gasteiger partial charge on any atom is 0.442 e. The van der Waals surface area contributed by atoms with Crippen molar-refractivity contribution in [1.29, 1.82) is 0 Å². The molecule has 0 aromatic carbocycles. The van der Waals surface area contributed by atoms with Crippen LogP contribution in [0, 0.1) is 0 Å². The normalized spacial score (nSPS) is 15.5. The molecule has 0 saturated carbocycles. The molecule has 0 aromatic rings. The van der Waals surface area contributed by atoms with Crippen LogP contribution in [0.4, 0.5) is 39.0 Å². The van der Waals surface area contributed by atoms with Gasteiger partial charge in [-0.25, -0.2) is 5.26 Å². The van der Waals surface area contributed by atoms with Crippen molar-refractivity contribution in [2.75, 3.05) is 0 Å². The molecule has 0 unspecified atom stereocenters. The molecule has 0 heterocycles. The molecule has 0 aliphatic carbocycles. The average molecular weight is 364 g/mol. The van der Waals surface area contributed by atoms with E-state index in [0.29, 0.717) is 0 Å². The van der Waals surface area contributed by atoms with Crippen molar-refractivity contribution in [3.05, 3.63) is 0 Å². The zero-order valence-electron chi connectivity index (χ0n) is 8.30. The summed E-state index contributed by atoms with van der Waals surface area (Å²) in [7, 11) is -7.65. The first-order valence-electron chi connectivity index (χ1n) is 3.67. The molecule has 0 radical (unpaired) electrons. The van der Waals surface area contributed by atoms with Gasteiger partial charge in [-0.15, -0.1) is 4.33 Å². The van der Waals surface area contributed by atoms with E-state index in [-0.39, 0.29) is 0 Å². The van der Waals surface area contributed by atoms with E-state index in [1.165, 1.54) is 0 Å². The van der Waals surface area contributed by atoms with Crippen molar-refractivity contribution < 1.29 is 62.1 Å². The van der Waals surface area contributed by atoms with Crippen LogP contribution in [-0.2, 0) is 19.6 Å². The first-order valence-corrected chi connectivity index (χ1v) is 5.80. The molecule has 0 spiro atoms. The van der Waals surface area contributed by atoms with Crippen molar-refractivity contribution in [2.24, 2.45) is 0 Å². The Kier molecular flexibility index (Phi) is 5.27. The number of rotatable bonds is 7. The van der Waals surface area contributed by atoms with Gasteiger partial charge < -0.3 is 0 Å². The van der Waals surface area contributed by atoms with Crippen LogP contribution in [0.3, 0.4) is 0 Å². The molecular formula is C4HF9O5S2. The highest BCUT2D eigenvalue weighted by Gasteiger charge is 2.85. The molecule has 0 fully saturated rings. The molecule has 0 amide bonds. The molecular weight excluding hydrogens is 363 g/mol. The smallest absolute Gasteiger partial charge is 0.220 e. The van der Waals surface area contributed by atoms with Crippen molar-refractivity contribution in [3.63, 3.8) is 0 Å². The summed E-state index contributed by atoms with van der Waals surface area (Å²) in [6.07, 6.45) is 0. The summed E-state index contributed by atoms with van der Waals surface area (Å²) in [5.74, 6) is -14.5. The molecule has 16 heteroatoms. The second kappa shape index (κ2) is 5.39. The van der Waals surface area contributed by atoms with Crippen LogP contribution in [0.25, 0.3) is 0 Å². The van der Waals surface area contributed by atoms with E-state index < -0.39 is 44.6 Å². The number of alkyl halides is 8. The molecule has 0 rings (SSSR count). The third-order valence-corrected chi connectivity index (χ3v) is 3.06. The number of hydrogen-bond acceptors (Lipinski definition) is 6. The van der Waals surface area contributed by atoms with E-state index in [1.807, 2.05) is 0 Å². The van der Waals surface area contributed by atoms with E-state index in [0.717, 1.165) is 0 Å². The highest BCUT2D eigenvalue weighted by atomic mass is 32.3. The molecule has 5 nitrogen and oxygen atoms in total. The van der Waals surface area contributed by atoms with Gasteiger partial charge in [0.25, 0.3) is 0 Å². The van der Waals surface area contributed by atoms with E-state index >= 15 is 0 Å². The monoisotopic (exact) mass is 364 g/mol. The summed E-state index contributed by atoms with van der Waals surface area (Å²) in [5, 5.41) is -3.65. The molecule has 0 bridgehead atoms. The minimum Gasteiger partial charge on any atom is -0.220 e. The predicted octanol–water partition coefficient (Wildman–Crippen LogP) is 2.81. The topological polar surface area (TPSA) is 72.8 Å². The van der Waals surface area contributed by atoms with E-state index in [9.17, 15) is 47.4 Å². The SMILES string of the molecule is O=S(=O)(F)C(F)(F)C(F)(F)C(F)(F)C(F)(F)SOOO. The Morgan fingerprint density at radius 2 is 1.30 bits per heavy atom. The zero-order valence-corrected chi connectivity index (χ0v) is 9.93. The second-order valence-electron chi connectivity index (χ2n) is 2.85. The minimum absolute atomic E-state index is 2.05. The van der Waals surface area contributed by atoms with Gasteiger partial charge in [-0.2, -0.15) is 43.5 Å². The van der Waals surface area contributed by atoms with Crippen LogP contribution in [0.1, 0.15) is 0 Å². The van der Waals surface area contributed by atoms with Gasteiger partial charge in [-0.1, -0.05) is 8.92 Å². The Hall–Kier alpha value is -0.450. The maximum atomic E-state index is 12.7. The zero-order chi connectivity index (χ0) is 16.6. The van der Waals surface area contributed by atoms with Gasteiger partial charge in [-0.05, 0) is 0 Å². The first kappa shape index (κ1) is 19.6. The van der Waals surface area contributed by atoms with Crippen LogP contribution in [0.15, 0.2) is 0 Å². The molecule has 0 aromatic heterocycles. The Morgan fingerprint density at radius 1 is 0.900 bits per heavy atom. The van der Waals surface area contributed by atoms with Crippen LogP contribution in [-0.4, -0.2) is 36.0 Å². The van der Waals surface area contributed by atoms with Gasteiger partial charge >= 0.3 is 32.6 Å². The predicted molar refractivity (Wildman–Crippen MR) is 42.2 cm³/mol. The van der Waals surface area contributed by atoms with Gasteiger partial charge in [0, 0.05) is 0 Å². The summed E-state index contributed by atoms with van der Waals surface area (Å²) >= 11 is -2.05. The molecule has 0 atom stereocenters. The Morgan fingerprint density at radius 3 is 1.60 bits per heavy atom. The fourth-order valence-corrected chi connectivity index (χ4v) is 1.41. The molecule has 0 saturated heterocycles. The van der Waals surface area contributed by atoms with E-state index in [1.54, 1.807) is 0 Å². The summed E-state index contributed by atoms with van der Waals surface area (Å²) in [6.45, 7) is 0. The number of hydrogen-bond donors (Lipinski definition) is 1. The van der Waals surface area contributed by atoms with Gasteiger partial charge in [0.05, 0.1) is 0 Å². The molecule has 20 heavy (non-hydrogen) atoms. The van der Waals surface area contributed by atoms with Crippen molar-refractivity contribution in [2.45, 2.75) is 22.4 Å². The first-order chi connectivity index (χ1) is 8.56. The summed E-state index contributed by atoms with van der Waals surface area (Å²) in [5.41, 5.74) is 0. The van der Waals surface area contributed by atoms with Crippen LogP contribution in [0.2, 0.25) is 0 Å². The highest BCUT2D eigenvalue weighted by molar-refractivity contribution is 7.95. The molecule has 0 aliphatic heterocycles. The third kappa shape index (κ3) is 2.92. The largest absolute Gasteiger partial charge is 0.442 e. The summed E-state index contributed by atoms with van der Waals surface area (Å²) in [6, 6.07) is 0. The lowest BCUT2D eigenvalue weighted by Gasteiger charge is -2.33. The summed E-state index contributed by atoms with van der Waals surface area (Å²) in [4.78, 5) is 0. The third-order valence-electron chi connectivity index (χ3n) is 1.60. The fourth-order valence-electron chi connectivity index (χ4n) is 0.629. The lowest BCUT2D eigenvalue weighted by atomic mass is 10.2. The van der Waals surface area contributed by atoms with E-state index in [2.05, 4.69) is 9.37 Å². The number of halogens is 9. The van der Waals surface area contributed by atoms with Crippen LogP contribution in [0.5, 0.6) is 0 Å². The van der Waals surface area contributed by atoms with Gasteiger partial charge in [0.1, 0.15) is 12.0 Å². The Balaban J connectivity index is 5.80. The Bertz CT molecular complexity index is 447. The molecule has 0 aliphatic rings. The molecule has 1 N–H and O–H groups in total. The Labute approximate surface area is 107 Å². The van der Waals surface area contributed by atoms with Crippen LogP contribution >= 0.6 is 12.0 Å². The highest BCUT2D eigenvalue weighted by Crippen LogP contribution is 2.57. The quantitative estimate of drug-likeness (QED) is 0.246. The fraction of sp³-hybridized carbons (Fsp3) is 1.00.